The molecule has 0 amide bonds. The quantitative estimate of drug-likeness (QED) is 0.933. The molecule has 1 saturated heterocycles. The highest BCUT2D eigenvalue weighted by Crippen LogP contribution is 2.32. The van der Waals surface area contributed by atoms with E-state index in [-0.39, 0.29) is 9.96 Å². The average Bonchev–Trinajstić information content (AvgIpc) is 2.88. The topological polar surface area (TPSA) is 60.9 Å². The second kappa shape index (κ2) is 5.91. The summed E-state index contributed by atoms with van der Waals surface area (Å²) in [7, 11) is -3.50. The van der Waals surface area contributed by atoms with Crippen molar-refractivity contribution in [2.45, 2.75) is 11.1 Å². The van der Waals surface area contributed by atoms with Crippen LogP contribution in [0.5, 0.6) is 5.75 Å². The van der Waals surface area contributed by atoms with Crippen LogP contribution >= 0.6 is 11.3 Å². The monoisotopic (exact) mass is 338 g/mol. The molecule has 7 heteroatoms. The van der Waals surface area contributed by atoms with Crippen LogP contribution in [0.4, 0.5) is 5.69 Å². The molecule has 0 unspecified atom stereocenters. The molecule has 2 heterocycles. The van der Waals surface area contributed by atoms with Crippen molar-refractivity contribution in [3.63, 3.8) is 0 Å². The van der Waals surface area contributed by atoms with Crippen molar-refractivity contribution < 1.29 is 13.5 Å². The SMILES string of the molecule is Cc1sc(S(=O)(=O)N2CCN(c3ccccc3)CC2)cc1O. The molecule has 3 rings (SSSR count). The van der Waals surface area contributed by atoms with Crippen molar-refractivity contribution >= 4 is 27.0 Å². The Kier molecular flexibility index (Phi) is 4.12. The Hall–Kier alpha value is -1.57. The second-order valence-electron chi connectivity index (χ2n) is 5.23. The van der Waals surface area contributed by atoms with E-state index in [2.05, 4.69) is 4.90 Å². The van der Waals surface area contributed by atoms with Gasteiger partial charge in [-0.1, -0.05) is 18.2 Å². The summed E-state index contributed by atoms with van der Waals surface area (Å²) in [4.78, 5) is 2.81. The minimum absolute atomic E-state index is 0.0477. The number of anilines is 1. The first-order valence-corrected chi connectivity index (χ1v) is 9.33. The van der Waals surface area contributed by atoms with Gasteiger partial charge >= 0.3 is 0 Å². The Morgan fingerprint density at radius 2 is 1.73 bits per heavy atom. The number of sulfonamides is 1. The molecule has 1 aromatic carbocycles. The van der Waals surface area contributed by atoms with Crippen molar-refractivity contribution in [3.05, 3.63) is 41.3 Å². The molecular weight excluding hydrogens is 320 g/mol. The zero-order valence-electron chi connectivity index (χ0n) is 12.3. The molecule has 1 fully saturated rings. The second-order valence-corrected chi connectivity index (χ2v) is 8.65. The van der Waals surface area contributed by atoms with Crippen LogP contribution in [0.2, 0.25) is 0 Å². The summed E-state index contributed by atoms with van der Waals surface area (Å²) < 4.78 is 26.9. The van der Waals surface area contributed by atoms with Crippen LogP contribution in [0.1, 0.15) is 4.88 Å². The third-order valence-corrected chi connectivity index (χ3v) is 7.21. The first-order chi connectivity index (χ1) is 10.5. The number of hydrogen-bond donors (Lipinski definition) is 1. The average molecular weight is 338 g/mol. The minimum Gasteiger partial charge on any atom is -0.507 e. The lowest BCUT2D eigenvalue weighted by atomic mass is 10.2. The molecule has 0 aliphatic carbocycles. The van der Waals surface area contributed by atoms with E-state index in [1.807, 2.05) is 30.3 Å². The van der Waals surface area contributed by atoms with Gasteiger partial charge in [0.1, 0.15) is 9.96 Å². The summed E-state index contributed by atoms with van der Waals surface area (Å²) in [5, 5.41) is 9.61. The Morgan fingerprint density at radius 1 is 1.09 bits per heavy atom. The van der Waals surface area contributed by atoms with Gasteiger partial charge in [0, 0.05) is 42.8 Å². The van der Waals surface area contributed by atoms with Gasteiger partial charge < -0.3 is 10.0 Å². The van der Waals surface area contributed by atoms with Gasteiger partial charge in [0.05, 0.1) is 0 Å². The van der Waals surface area contributed by atoms with Crippen molar-refractivity contribution in [2.24, 2.45) is 0 Å². The molecule has 1 aliphatic rings. The highest BCUT2D eigenvalue weighted by Gasteiger charge is 2.30. The molecule has 0 radical (unpaired) electrons. The van der Waals surface area contributed by atoms with E-state index in [0.717, 1.165) is 17.0 Å². The van der Waals surface area contributed by atoms with Gasteiger partial charge in [-0.3, -0.25) is 0 Å². The van der Waals surface area contributed by atoms with E-state index in [4.69, 9.17) is 0 Å². The Labute approximate surface area is 134 Å². The van der Waals surface area contributed by atoms with Gasteiger partial charge in [-0.15, -0.1) is 11.3 Å². The third-order valence-electron chi connectivity index (χ3n) is 3.82. The summed E-state index contributed by atoms with van der Waals surface area (Å²) in [6.07, 6.45) is 0. The van der Waals surface area contributed by atoms with Crippen molar-refractivity contribution in [1.29, 1.82) is 0 Å². The number of hydrogen-bond acceptors (Lipinski definition) is 5. The predicted molar refractivity (Wildman–Crippen MR) is 88.1 cm³/mol. The summed E-state index contributed by atoms with van der Waals surface area (Å²) in [5.74, 6) is 0.0477. The van der Waals surface area contributed by atoms with Gasteiger partial charge in [-0.25, -0.2) is 8.42 Å². The number of aromatic hydroxyl groups is 1. The molecule has 1 N–H and O–H groups in total. The lowest BCUT2D eigenvalue weighted by molar-refractivity contribution is 0.385. The number of rotatable bonds is 3. The minimum atomic E-state index is -3.50. The van der Waals surface area contributed by atoms with Crippen LogP contribution in [0.25, 0.3) is 0 Å². The van der Waals surface area contributed by atoms with Gasteiger partial charge in [0.15, 0.2) is 0 Å². The van der Waals surface area contributed by atoms with Gasteiger partial charge in [0.2, 0.25) is 0 Å². The molecule has 0 atom stereocenters. The number of piperazine rings is 1. The molecule has 2 aromatic rings. The highest BCUT2D eigenvalue weighted by atomic mass is 32.2. The maximum atomic E-state index is 12.6. The fourth-order valence-corrected chi connectivity index (χ4v) is 5.43. The van der Waals surface area contributed by atoms with Gasteiger partial charge in [-0.05, 0) is 19.1 Å². The van der Waals surface area contributed by atoms with Gasteiger partial charge in [-0.2, -0.15) is 4.31 Å². The Balaban J connectivity index is 1.73. The van der Waals surface area contributed by atoms with Crippen LogP contribution in [0.3, 0.4) is 0 Å². The molecule has 22 heavy (non-hydrogen) atoms. The van der Waals surface area contributed by atoms with Gasteiger partial charge in [0.25, 0.3) is 10.0 Å². The maximum Gasteiger partial charge on any atom is 0.252 e. The lowest BCUT2D eigenvalue weighted by Crippen LogP contribution is -2.48. The number of aryl methyl sites for hydroxylation is 1. The summed E-state index contributed by atoms with van der Waals surface area (Å²) in [6.45, 7) is 3.95. The van der Waals surface area contributed by atoms with E-state index in [1.165, 1.54) is 10.4 Å². The van der Waals surface area contributed by atoms with E-state index in [1.54, 1.807) is 6.92 Å². The fourth-order valence-electron chi connectivity index (χ4n) is 2.53. The van der Waals surface area contributed by atoms with Crippen LogP contribution in [-0.2, 0) is 10.0 Å². The zero-order valence-corrected chi connectivity index (χ0v) is 13.9. The van der Waals surface area contributed by atoms with Crippen molar-refractivity contribution in [1.82, 2.24) is 4.31 Å². The maximum absolute atomic E-state index is 12.6. The van der Waals surface area contributed by atoms with E-state index >= 15 is 0 Å². The fraction of sp³-hybridized carbons (Fsp3) is 0.333. The summed E-state index contributed by atoms with van der Waals surface area (Å²) >= 11 is 1.12. The van der Waals surface area contributed by atoms with Crippen LogP contribution in [0, 0.1) is 6.92 Å². The first kappa shape index (κ1) is 15.3. The lowest BCUT2D eigenvalue weighted by Gasteiger charge is -2.35. The molecule has 0 saturated carbocycles. The number of para-hydroxylation sites is 1. The summed E-state index contributed by atoms with van der Waals surface area (Å²) in [5.41, 5.74) is 1.11. The van der Waals surface area contributed by atoms with Crippen LogP contribution < -0.4 is 4.90 Å². The molecule has 0 spiro atoms. The smallest absolute Gasteiger partial charge is 0.252 e. The number of benzene rings is 1. The largest absolute Gasteiger partial charge is 0.507 e. The third kappa shape index (κ3) is 2.84. The van der Waals surface area contributed by atoms with E-state index in [0.29, 0.717) is 31.1 Å². The number of thiophene rings is 1. The molecule has 1 aromatic heterocycles. The van der Waals surface area contributed by atoms with Crippen molar-refractivity contribution in [2.75, 3.05) is 31.1 Å². The van der Waals surface area contributed by atoms with Crippen LogP contribution in [-0.4, -0.2) is 44.0 Å². The molecule has 0 bridgehead atoms. The van der Waals surface area contributed by atoms with Crippen molar-refractivity contribution in [3.8, 4) is 5.75 Å². The zero-order chi connectivity index (χ0) is 15.7. The summed E-state index contributed by atoms with van der Waals surface area (Å²) in [6, 6.07) is 11.3. The molecule has 1 aliphatic heterocycles. The van der Waals surface area contributed by atoms with E-state index in [9.17, 15) is 13.5 Å². The Morgan fingerprint density at radius 3 is 2.27 bits per heavy atom. The highest BCUT2D eigenvalue weighted by molar-refractivity contribution is 7.91. The molecular formula is C15H18N2O3S2. The predicted octanol–water partition coefficient (Wildman–Crippen LogP) is 2.27. The molecule has 5 nitrogen and oxygen atoms in total. The normalized spacial score (nSPS) is 16.9. The standard InChI is InChI=1S/C15H18N2O3S2/c1-12-14(18)11-15(21-12)22(19,20)17-9-7-16(8-10-17)13-5-3-2-4-6-13/h2-6,11,18H,7-10H2,1H3. The Bertz CT molecular complexity index is 729. The first-order valence-electron chi connectivity index (χ1n) is 7.08. The van der Waals surface area contributed by atoms with Crippen LogP contribution in [0.15, 0.2) is 40.6 Å². The number of nitrogens with zero attached hydrogens (tertiary/aromatic N) is 2. The van der Waals surface area contributed by atoms with E-state index < -0.39 is 10.0 Å². The molecule has 118 valence electrons.